The molecule has 3 nitrogen and oxygen atoms in total. The summed E-state index contributed by atoms with van der Waals surface area (Å²) in [7, 11) is 4.28. The molecular formula is C13H31N3. The SMILES string of the molecule is CCCNCCN(CCN(C)C)CC(C)C. The van der Waals surface area contributed by atoms with E-state index in [0.29, 0.717) is 0 Å². The molecule has 0 bridgehead atoms. The summed E-state index contributed by atoms with van der Waals surface area (Å²) in [5, 5.41) is 3.47. The Labute approximate surface area is 102 Å². The van der Waals surface area contributed by atoms with E-state index in [2.05, 4.69) is 50.0 Å². The van der Waals surface area contributed by atoms with Crippen molar-refractivity contribution in [3.8, 4) is 0 Å². The highest BCUT2D eigenvalue weighted by Gasteiger charge is 2.06. The topological polar surface area (TPSA) is 18.5 Å². The minimum Gasteiger partial charge on any atom is -0.315 e. The third-order valence-electron chi connectivity index (χ3n) is 2.52. The van der Waals surface area contributed by atoms with Crippen molar-refractivity contribution in [1.29, 1.82) is 0 Å². The van der Waals surface area contributed by atoms with Gasteiger partial charge in [0.1, 0.15) is 0 Å². The molecule has 0 saturated carbocycles. The van der Waals surface area contributed by atoms with E-state index in [1.165, 1.54) is 26.1 Å². The molecule has 0 spiro atoms. The zero-order valence-electron chi connectivity index (χ0n) is 11.9. The van der Waals surface area contributed by atoms with Crippen LogP contribution in [0.1, 0.15) is 27.2 Å². The van der Waals surface area contributed by atoms with Crippen LogP contribution in [0.15, 0.2) is 0 Å². The van der Waals surface area contributed by atoms with Gasteiger partial charge < -0.3 is 15.1 Å². The van der Waals surface area contributed by atoms with Crippen molar-refractivity contribution in [2.45, 2.75) is 27.2 Å². The summed E-state index contributed by atoms with van der Waals surface area (Å²) < 4.78 is 0. The van der Waals surface area contributed by atoms with Gasteiger partial charge in [0.2, 0.25) is 0 Å². The molecule has 0 aromatic heterocycles. The Morgan fingerprint density at radius 2 is 1.69 bits per heavy atom. The molecule has 0 rings (SSSR count). The summed E-state index contributed by atoms with van der Waals surface area (Å²) in [6.07, 6.45) is 1.22. The fourth-order valence-electron chi connectivity index (χ4n) is 1.69. The first-order valence-corrected chi connectivity index (χ1v) is 6.64. The lowest BCUT2D eigenvalue weighted by Crippen LogP contribution is -2.38. The summed E-state index contributed by atoms with van der Waals surface area (Å²) in [6, 6.07) is 0. The molecule has 3 heteroatoms. The largest absolute Gasteiger partial charge is 0.315 e. The minimum atomic E-state index is 0.758. The van der Waals surface area contributed by atoms with E-state index in [9.17, 15) is 0 Å². The van der Waals surface area contributed by atoms with Gasteiger partial charge in [0, 0.05) is 32.7 Å². The van der Waals surface area contributed by atoms with Gasteiger partial charge in [-0.1, -0.05) is 20.8 Å². The smallest absolute Gasteiger partial charge is 0.0110 e. The molecule has 0 aliphatic rings. The number of hydrogen-bond acceptors (Lipinski definition) is 3. The molecule has 0 aliphatic carbocycles. The third kappa shape index (κ3) is 10.4. The van der Waals surface area contributed by atoms with Crippen molar-refractivity contribution in [1.82, 2.24) is 15.1 Å². The number of nitrogens with zero attached hydrogens (tertiary/aromatic N) is 2. The summed E-state index contributed by atoms with van der Waals surface area (Å²) in [4.78, 5) is 4.82. The van der Waals surface area contributed by atoms with Crippen molar-refractivity contribution in [2.75, 3.05) is 53.4 Å². The maximum atomic E-state index is 3.47. The Morgan fingerprint density at radius 1 is 1.00 bits per heavy atom. The van der Waals surface area contributed by atoms with Gasteiger partial charge in [-0.05, 0) is 33.0 Å². The average Bonchev–Trinajstić information content (AvgIpc) is 2.19. The molecule has 16 heavy (non-hydrogen) atoms. The van der Waals surface area contributed by atoms with Crippen molar-refractivity contribution in [2.24, 2.45) is 5.92 Å². The predicted octanol–water partition coefficient (Wildman–Crippen LogP) is 1.51. The van der Waals surface area contributed by atoms with E-state index < -0.39 is 0 Å². The molecule has 0 unspecified atom stereocenters. The van der Waals surface area contributed by atoms with E-state index in [1.807, 2.05) is 0 Å². The molecule has 0 heterocycles. The van der Waals surface area contributed by atoms with Crippen LogP contribution in [0, 0.1) is 5.92 Å². The van der Waals surface area contributed by atoms with Gasteiger partial charge >= 0.3 is 0 Å². The van der Waals surface area contributed by atoms with Gasteiger partial charge in [0.05, 0.1) is 0 Å². The van der Waals surface area contributed by atoms with Crippen LogP contribution in [-0.2, 0) is 0 Å². The summed E-state index contributed by atoms with van der Waals surface area (Å²) in [6.45, 7) is 13.8. The highest BCUT2D eigenvalue weighted by molar-refractivity contribution is 4.63. The second-order valence-electron chi connectivity index (χ2n) is 5.25. The van der Waals surface area contributed by atoms with E-state index in [-0.39, 0.29) is 0 Å². The Hall–Kier alpha value is -0.120. The van der Waals surface area contributed by atoms with Crippen LogP contribution < -0.4 is 5.32 Å². The second kappa shape index (κ2) is 10.1. The first-order valence-electron chi connectivity index (χ1n) is 6.64. The quantitative estimate of drug-likeness (QED) is 0.573. The number of hydrogen-bond donors (Lipinski definition) is 1. The second-order valence-corrected chi connectivity index (χ2v) is 5.25. The van der Waals surface area contributed by atoms with Gasteiger partial charge in [-0.2, -0.15) is 0 Å². The average molecular weight is 229 g/mol. The molecule has 0 saturated heterocycles. The molecule has 0 aromatic carbocycles. The molecule has 0 amide bonds. The Balaban J connectivity index is 3.72. The number of rotatable bonds is 10. The highest BCUT2D eigenvalue weighted by atomic mass is 15.2. The summed E-state index contributed by atoms with van der Waals surface area (Å²) in [5.74, 6) is 0.758. The van der Waals surface area contributed by atoms with Gasteiger partial charge in [-0.3, -0.25) is 0 Å². The zero-order chi connectivity index (χ0) is 12.4. The molecule has 0 aliphatic heterocycles. The number of nitrogens with one attached hydrogen (secondary N) is 1. The zero-order valence-corrected chi connectivity index (χ0v) is 11.9. The molecule has 0 atom stereocenters. The van der Waals surface area contributed by atoms with E-state index in [1.54, 1.807) is 0 Å². The molecule has 0 fully saturated rings. The van der Waals surface area contributed by atoms with Crippen molar-refractivity contribution < 1.29 is 0 Å². The first kappa shape index (κ1) is 15.9. The lowest BCUT2D eigenvalue weighted by molar-refractivity contribution is 0.219. The fourth-order valence-corrected chi connectivity index (χ4v) is 1.69. The standard InChI is InChI=1S/C13H31N3/c1-6-7-14-8-9-16(12-13(2)3)11-10-15(4)5/h13-14H,6-12H2,1-5H3. The molecular weight excluding hydrogens is 198 g/mol. The minimum absolute atomic E-state index is 0.758. The van der Waals surface area contributed by atoms with E-state index >= 15 is 0 Å². The van der Waals surface area contributed by atoms with Crippen molar-refractivity contribution in [3.05, 3.63) is 0 Å². The van der Waals surface area contributed by atoms with Crippen LogP contribution in [0.2, 0.25) is 0 Å². The normalized spacial score (nSPS) is 12.0. The number of likely N-dealkylation sites (N-methyl/N-ethyl adjacent to an activating group) is 1. The monoisotopic (exact) mass is 229 g/mol. The molecule has 1 N–H and O–H groups in total. The van der Waals surface area contributed by atoms with Gasteiger partial charge in [0.15, 0.2) is 0 Å². The summed E-state index contributed by atoms with van der Waals surface area (Å²) in [5.41, 5.74) is 0. The molecule has 0 aromatic rings. The van der Waals surface area contributed by atoms with E-state index in [4.69, 9.17) is 0 Å². The lowest BCUT2D eigenvalue weighted by Gasteiger charge is -2.25. The van der Waals surface area contributed by atoms with Gasteiger partial charge in [0.25, 0.3) is 0 Å². The third-order valence-corrected chi connectivity index (χ3v) is 2.52. The van der Waals surface area contributed by atoms with Gasteiger partial charge in [-0.25, -0.2) is 0 Å². The maximum Gasteiger partial charge on any atom is 0.0110 e. The predicted molar refractivity (Wildman–Crippen MR) is 73.0 cm³/mol. The molecule has 98 valence electrons. The fraction of sp³-hybridized carbons (Fsp3) is 1.00. The van der Waals surface area contributed by atoms with Gasteiger partial charge in [-0.15, -0.1) is 0 Å². The van der Waals surface area contributed by atoms with Crippen LogP contribution in [0.4, 0.5) is 0 Å². The maximum absolute atomic E-state index is 3.47. The Kier molecular flexibility index (Phi) is 9.99. The van der Waals surface area contributed by atoms with E-state index in [0.717, 1.165) is 25.6 Å². The summed E-state index contributed by atoms with van der Waals surface area (Å²) >= 11 is 0. The van der Waals surface area contributed by atoms with Crippen LogP contribution >= 0.6 is 0 Å². The van der Waals surface area contributed by atoms with Crippen LogP contribution in [-0.4, -0.2) is 63.2 Å². The van der Waals surface area contributed by atoms with Crippen molar-refractivity contribution >= 4 is 0 Å². The van der Waals surface area contributed by atoms with Crippen LogP contribution in [0.3, 0.4) is 0 Å². The van der Waals surface area contributed by atoms with Crippen LogP contribution in [0.25, 0.3) is 0 Å². The highest BCUT2D eigenvalue weighted by Crippen LogP contribution is 1.98. The lowest BCUT2D eigenvalue weighted by atomic mass is 10.2. The Bertz CT molecular complexity index is 146. The Morgan fingerprint density at radius 3 is 2.19 bits per heavy atom. The van der Waals surface area contributed by atoms with Crippen molar-refractivity contribution in [3.63, 3.8) is 0 Å². The van der Waals surface area contributed by atoms with Crippen LogP contribution in [0.5, 0.6) is 0 Å². The first-order chi connectivity index (χ1) is 7.56. The molecule has 0 radical (unpaired) electrons.